The Labute approximate surface area is 201 Å². The molecule has 3 aromatic carbocycles. The first kappa shape index (κ1) is 22.0. The lowest BCUT2D eigenvalue weighted by Crippen LogP contribution is -2.33. The second-order valence-corrected chi connectivity index (χ2v) is 8.75. The Bertz CT molecular complexity index is 1430. The van der Waals surface area contributed by atoms with Crippen LogP contribution in [0.25, 0.3) is 10.9 Å². The summed E-state index contributed by atoms with van der Waals surface area (Å²) in [5.41, 5.74) is 3.30. The zero-order chi connectivity index (χ0) is 23.7. The molecule has 172 valence electrons. The van der Waals surface area contributed by atoms with E-state index in [1.165, 1.54) is 0 Å². The average Bonchev–Trinajstić information content (AvgIpc) is 2.84. The Morgan fingerprint density at radius 1 is 0.971 bits per heavy atom. The molecule has 0 aliphatic carbocycles. The van der Waals surface area contributed by atoms with E-state index in [1.807, 2.05) is 49.4 Å². The number of hydrogen-bond donors (Lipinski definition) is 1. The molecule has 0 atom stereocenters. The van der Waals surface area contributed by atoms with Crippen molar-refractivity contribution in [3.05, 3.63) is 104 Å². The van der Waals surface area contributed by atoms with Crippen molar-refractivity contribution >= 4 is 28.4 Å². The largest absolute Gasteiger partial charge is 0.486 e. The molecule has 5 rings (SSSR count). The first-order valence-electron chi connectivity index (χ1n) is 11.0. The number of carbonyl (C=O) groups is 1. The first-order valence-corrected chi connectivity index (χ1v) is 11.4. The highest BCUT2D eigenvalue weighted by Crippen LogP contribution is 2.33. The molecular weight excluding hydrogens is 452 g/mol. The Morgan fingerprint density at radius 3 is 2.41 bits per heavy atom. The van der Waals surface area contributed by atoms with Crippen molar-refractivity contribution < 1.29 is 14.3 Å². The third kappa shape index (κ3) is 4.50. The molecule has 34 heavy (non-hydrogen) atoms. The topological polar surface area (TPSA) is 71.6 Å². The number of aromatic nitrogens is 1. The quantitative estimate of drug-likeness (QED) is 0.436. The number of aryl methyl sites for hydroxylation is 1. The number of nitrogens with one attached hydrogen (secondary N) is 1. The molecule has 1 N–H and O–H groups in total. The van der Waals surface area contributed by atoms with Gasteiger partial charge in [-0.05, 0) is 48.4 Å². The molecule has 0 fully saturated rings. The average molecular weight is 475 g/mol. The van der Waals surface area contributed by atoms with Gasteiger partial charge in [0.05, 0.1) is 12.1 Å². The van der Waals surface area contributed by atoms with Gasteiger partial charge in [-0.2, -0.15) is 0 Å². The summed E-state index contributed by atoms with van der Waals surface area (Å²) in [6.07, 6.45) is 0. The highest BCUT2D eigenvalue weighted by molar-refractivity contribution is 6.30. The smallest absolute Gasteiger partial charge is 0.254 e. The van der Waals surface area contributed by atoms with Gasteiger partial charge in [0.1, 0.15) is 13.2 Å². The molecule has 1 aliphatic rings. The van der Waals surface area contributed by atoms with E-state index in [0.29, 0.717) is 52.9 Å². The molecule has 0 spiro atoms. The van der Waals surface area contributed by atoms with Crippen molar-refractivity contribution in [2.24, 2.45) is 0 Å². The van der Waals surface area contributed by atoms with Gasteiger partial charge in [-0.15, -0.1) is 0 Å². The zero-order valence-electron chi connectivity index (χ0n) is 18.6. The number of fused-ring (bicyclic) bond motifs is 2. The number of pyridine rings is 1. The number of carbonyl (C=O) groups excluding carboxylic acids is 1. The standard InChI is InChI=1S/C27H23ClN2O4/c1-17-4-2-3-5-22(17)27(32)30(15-18-6-8-21(28)9-7-18)16-20-12-19-13-24-25(34-11-10-33-24)14-23(19)29-26(20)31/h2-9,12-14H,10-11,15-16H2,1H3,(H,29,31). The van der Waals surface area contributed by atoms with Crippen molar-refractivity contribution in [3.8, 4) is 11.5 Å². The van der Waals surface area contributed by atoms with E-state index in [0.717, 1.165) is 16.5 Å². The molecule has 7 heteroatoms. The van der Waals surface area contributed by atoms with Crippen LogP contribution in [0.5, 0.6) is 11.5 Å². The molecule has 2 heterocycles. The van der Waals surface area contributed by atoms with Gasteiger partial charge in [-0.3, -0.25) is 9.59 Å². The third-order valence-electron chi connectivity index (χ3n) is 5.89. The van der Waals surface area contributed by atoms with E-state index in [1.54, 1.807) is 29.2 Å². The van der Waals surface area contributed by atoms with Crippen LogP contribution in [-0.4, -0.2) is 29.0 Å². The zero-order valence-corrected chi connectivity index (χ0v) is 19.4. The molecule has 0 saturated carbocycles. The maximum absolute atomic E-state index is 13.6. The second-order valence-electron chi connectivity index (χ2n) is 8.31. The number of benzene rings is 3. The number of aromatic amines is 1. The Kier molecular flexibility index (Phi) is 5.99. The summed E-state index contributed by atoms with van der Waals surface area (Å²) >= 11 is 6.04. The number of nitrogens with zero attached hydrogens (tertiary/aromatic N) is 1. The Morgan fingerprint density at radius 2 is 1.68 bits per heavy atom. The fourth-order valence-corrected chi connectivity index (χ4v) is 4.23. The molecule has 1 aromatic heterocycles. The van der Waals surface area contributed by atoms with E-state index in [-0.39, 0.29) is 18.0 Å². The van der Waals surface area contributed by atoms with Crippen LogP contribution in [0.3, 0.4) is 0 Å². The van der Waals surface area contributed by atoms with E-state index >= 15 is 0 Å². The van der Waals surface area contributed by atoms with Gasteiger partial charge in [0.2, 0.25) is 0 Å². The molecule has 1 amide bonds. The summed E-state index contributed by atoms with van der Waals surface area (Å²) in [6.45, 7) is 3.34. The highest BCUT2D eigenvalue weighted by atomic mass is 35.5. The minimum absolute atomic E-state index is 0.144. The maximum atomic E-state index is 13.6. The van der Waals surface area contributed by atoms with Crippen molar-refractivity contribution in [3.63, 3.8) is 0 Å². The number of hydrogen-bond acceptors (Lipinski definition) is 4. The van der Waals surface area contributed by atoms with Gasteiger partial charge >= 0.3 is 0 Å². The third-order valence-corrected chi connectivity index (χ3v) is 6.15. The van der Waals surface area contributed by atoms with Gasteiger partial charge in [0, 0.05) is 34.1 Å². The Hall–Kier alpha value is -3.77. The summed E-state index contributed by atoms with van der Waals surface area (Å²) in [5.74, 6) is 1.11. The van der Waals surface area contributed by atoms with Crippen molar-refractivity contribution in [2.75, 3.05) is 13.2 Å². The lowest BCUT2D eigenvalue weighted by molar-refractivity contribution is 0.0728. The molecule has 4 aromatic rings. The van der Waals surface area contributed by atoms with Crippen LogP contribution in [0.1, 0.15) is 27.0 Å². The van der Waals surface area contributed by atoms with Crippen LogP contribution < -0.4 is 15.0 Å². The van der Waals surface area contributed by atoms with Crippen LogP contribution in [0, 0.1) is 6.92 Å². The molecule has 0 unspecified atom stereocenters. The number of ether oxygens (including phenoxy) is 2. The summed E-state index contributed by atoms with van der Waals surface area (Å²) in [7, 11) is 0. The van der Waals surface area contributed by atoms with Crippen LogP contribution in [-0.2, 0) is 13.1 Å². The maximum Gasteiger partial charge on any atom is 0.254 e. The van der Waals surface area contributed by atoms with Crippen molar-refractivity contribution in [1.82, 2.24) is 9.88 Å². The highest BCUT2D eigenvalue weighted by Gasteiger charge is 2.21. The van der Waals surface area contributed by atoms with Crippen LogP contribution in [0.2, 0.25) is 5.02 Å². The molecule has 1 aliphatic heterocycles. The number of halogens is 1. The van der Waals surface area contributed by atoms with Gasteiger partial charge in [0.25, 0.3) is 11.5 Å². The summed E-state index contributed by atoms with van der Waals surface area (Å²) in [6, 6.07) is 20.3. The lowest BCUT2D eigenvalue weighted by atomic mass is 10.1. The van der Waals surface area contributed by atoms with E-state index in [2.05, 4.69) is 4.98 Å². The molecular formula is C27H23ClN2O4. The Balaban J connectivity index is 1.52. The predicted octanol–water partition coefficient (Wildman–Crippen LogP) is 5.10. The van der Waals surface area contributed by atoms with Crippen molar-refractivity contribution in [2.45, 2.75) is 20.0 Å². The number of amides is 1. The number of rotatable bonds is 5. The van der Waals surface area contributed by atoms with Gasteiger partial charge in [-0.25, -0.2) is 0 Å². The monoisotopic (exact) mass is 474 g/mol. The van der Waals surface area contributed by atoms with Gasteiger partial charge < -0.3 is 19.4 Å². The molecule has 6 nitrogen and oxygen atoms in total. The summed E-state index contributed by atoms with van der Waals surface area (Å²) < 4.78 is 11.3. The predicted molar refractivity (Wildman–Crippen MR) is 132 cm³/mol. The fraction of sp³-hybridized carbons (Fsp3) is 0.185. The van der Waals surface area contributed by atoms with Gasteiger partial charge in [-0.1, -0.05) is 41.9 Å². The van der Waals surface area contributed by atoms with Crippen LogP contribution >= 0.6 is 11.6 Å². The fourth-order valence-electron chi connectivity index (χ4n) is 4.10. The SMILES string of the molecule is Cc1ccccc1C(=O)N(Cc1ccc(Cl)cc1)Cc1cc2cc3c(cc2[nH]c1=O)OCCO3. The normalized spacial score (nSPS) is 12.5. The minimum Gasteiger partial charge on any atom is -0.486 e. The molecule has 0 saturated heterocycles. The summed E-state index contributed by atoms with van der Waals surface area (Å²) in [5, 5.41) is 1.44. The van der Waals surface area contributed by atoms with E-state index < -0.39 is 0 Å². The molecule has 0 bridgehead atoms. The minimum atomic E-state index is -0.247. The van der Waals surface area contributed by atoms with Crippen LogP contribution in [0.15, 0.2) is 71.5 Å². The lowest BCUT2D eigenvalue weighted by Gasteiger charge is -2.24. The molecule has 0 radical (unpaired) electrons. The second kappa shape index (κ2) is 9.23. The van der Waals surface area contributed by atoms with Crippen LogP contribution in [0.4, 0.5) is 0 Å². The van der Waals surface area contributed by atoms with E-state index in [9.17, 15) is 9.59 Å². The first-order chi connectivity index (χ1) is 16.5. The number of H-pyrrole nitrogens is 1. The van der Waals surface area contributed by atoms with Crippen molar-refractivity contribution in [1.29, 1.82) is 0 Å². The summed E-state index contributed by atoms with van der Waals surface area (Å²) in [4.78, 5) is 31.1. The van der Waals surface area contributed by atoms with E-state index in [4.69, 9.17) is 21.1 Å². The van der Waals surface area contributed by atoms with Gasteiger partial charge in [0.15, 0.2) is 11.5 Å².